The molecule has 1 heterocycles. The first-order valence-electron chi connectivity index (χ1n) is 22.9. The average molecular weight is 823 g/mol. The van der Waals surface area contributed by atoms with Crippen LogP contribution < -0.4 is 4.90 Å². The monoisotopic (exact) mass is 822 g/mol. The van der Waals surface area contributed by atoms with Gasteiger partial charge in [-0.25, -0.2) is 0 Å². The van der Waals surface area contributed by atoms with Gasteiger partial charge in [0.05, 0.1) is 16.7 Å². The second-order valence-electron chi connectivity index (χ2n) is 18.5. The smallest absolute Gasteiger partial charge is 0.0543 e. The predicted molar refractivity (Wildman–Crippen MR) is 273 cm³/mol. The van der Waals surface area contributed by atoms with Gasteiger partial charge in [-0.3, -0.25) is 0 Å². The van der Waals surface area contributed by atoms with Gasteiger partial charge < -0.3 is 9.47 Å². The van der Waals surface area contributed by atoms with Crippen LogP contribution in [0, 0.1) is 0 Å². The average Bonchev–Trinajstić information content (AvgIpc) is 3.92. The molecule has 0 aliphatic heterocycles. The second kappa shape index (κ2) is 14.6. The molecule has 0 spiro atoms. The first-order chi connectivity index (χ1) is 31.3. The number of anilines is 3. The van der Waals surface area contributed by atoms with E-state index in [1.165, 1.54) is 111 Å². The summed E-state index contributed by atoms with van der Waals surface area (Å²) < 4.78 is 2.40. The van der Waals surface area contributed by atoms with Gasteiger partial charge in [-0.15, -0.1) is 0 Å². The van der Waals surface area contributed by atoms with Crippen molar-refractivity contribution in [2.24, 2.45) is 0 Å². The first-order valence-corrected chi connectivity index (χ1v) is 22.9. The molecule has 0 amide bonds. The number of fused-ring (bicyclic) bond motifs is 11. The molecule has 1 unspecified atom stereocenters. The Morgan fingerprint density at radius 3 is 2.09 bits per heavy atom. The van der Waals surface area contributed by atoms with E-state index >= 15 is 0 Å². The number of hydrogen-bond acceptors (Lipinski definition) is 1. The van der Waals surface area contributed by atoms with E-state index in [2.05, 4.69) is 232 Å². The maximum Gasteiger partial charge on any atom is 0.0543 e. The molecule has 9 aromatic carbocycles. The van der Waals surface area contributed by atoms with Crippen molar-refractivity contribution in [2.45, 2.75) is 51.9 Å². The Labute approximate surface area is 376 Å². The first kappa shape index (κ1) is 38.3. The summed E-state index contributed by atoms with van der Waals surface area (Å²) in [6, 6.07) is 70.4. The Bertz CT molecular complexity index is 3510. The molecule has 12 rings (SSSR count). The summed E-state index contributed by atoms with van der Waals surface area (Å²) in [5.41, 5.74) is 22.5. The number of allylic oxidation sites excluding steroid dienone is 1. The standard InChI is InChI=1S/C62H50N2/c1-6-18-45-46-23-13-14-25-49(46)61-50(45)26-17-28-59(61)63(42-19-9-7-10-20-42)44-31-33-51-55(37-44)62(4,5)56-38-52(47-32-29-40(39(2)3)35-54(47)60(51)56)41-30-34-58-53(36-41)48-24-15-16-27-57(48)64(58)43-21-11-8-12-22-43/h7-17,19-38,45H,2,6,18H2,1,3-5H3. The maximum atomic E-state index is 4.40. The zero-order chi connectivity index (χ0) is 43.3. The fourth-order valence-corrected chi connectivity index (χ4v) is 11.4. The summed E-state index contributed by atoms with van der Waals surface area (Å²) in [6.07, 6.45) is 2.28. The summed E-state index contributed by atoms with van der Waals surface area (Å²) >= 11 is 0. The van der Waals surface area contributed by atoms with Crippen molar-refractivity contribution in [3.63, 3.8) is 0 Å². The summed E-state index contributed by atoms with van der Waals surface area (Å²) in [6.45, 7) is 13.7. The molecule has 10 aromatic rings. The van der Waals surface area contributed by atoms with Crippen LogP contribution in [0.3, 0.4) is 0 Å². The van der Waals surface area contributed by atoms with Crippen molar-refractivity contribution < 1.29 is 0 Å². The highest BCUT2D eigenvalue weighted by molar-refractivity contribution is 6.14. The van der Waals surface area contributed by atoms with Crippen molar-refractivity contribution >= 4 is 55.2 Å². The van der Waals surface area contributed by atoms with Crippen LogP contribution in [-0.2, 0) is 5.41 Å². The fraction of sp³-hybridized carbons (Fsp3) is 0.129. The molecule has 308 valence electrons. The van der Waals surface area contributed by atoms with Gasteiger partial charge in [-0.1, -0.05) is 155 Å². The van der Waals surface area contributed by atoms with E-state index in [0.717, 1.165) is 24.1 Å². The van der Waals surface area contributed by atoms with Gasteiger partial charge in [0, 0.05) is 44.7 Å². The van der Waals surface area contributed by atoms with Gasteiger partial charge in [0.25, 0.3) is 0 Å². The lowest BCUT2D eigenvalue weighted by Crippen LogP contribution is -2.17. The molecule has 2 nitrogen and oxygen atoms in total. The fourth-order valence-electron chi connectivity index (χ4n) is 11.4. The molecule has 0 saturated heterocycles. The number of benzene rings is 9. The molecule has 64 heavy (non-hydrogen) atoms. The number of nitrogens with zero attached hydrogens (tertiary/aromatic N) is 2. The van der Waals surface area contributed by atoms with Gasteiger partial charge in [-0.2, -0.15) is 0 Å². The summed E-state index contributed by atoms with van der Waals surface area (Å²) in [7, 11) is 0. The largest absolute Gasteiger partial charge is 0.310 e. The molecule has 2 heteroatoms. The van der Waals surface area contributed by atoms with Crippen LogP contribution in [0.5, 0.6) is 0 Å². The predicted octanol–water partition coefficient (Wildman–Crippen LogP) is 17.3. The summed E-state index contributed by atoms with van der Waals surface area (Å²) in [5.74, 6) is 0.400. The number of rotatable bonds is 8. The van der Waals surface area contributed by atoms with E-state index in [0.29, 0.717) is 5.92 Å². The normalized spacial score (nSPS) is 14.4. The zero-order valence-corrected chi connectivity index (χ0v) is 37.0. The quantitative estimate of drug-likeness (QED) is 0.148. The van der Waals surface area contributed by atoms with Crippen LogP contribution in [0.25, 0.3) is 77.2 Å². The lowest BCUT2D eigenvalue weighted by Gasteiger charge is -2.30. The van der Waals surface area contributed by atoms with Crippen LogP contribution in [0.15, 0.2) is 195 Å². The molecule has 0 fully saturated rings. The maximum absolute atomic E-state index is 4.40. The SMILES string of the molecule is C=C(C)c1ccc2c(-c3ccc4c(c3)c3ccccc3n4-c3ccccc3)cc3c(c2c1)-c1ccc(N(c2ccccc2)c2cccc4c2-c2ccccc2C4CCC)cc1C3(C)C. The molecular formula is C62H50N2. The highest BCUT2D eigenvalue weighted by atomic mass is 15.1. The number of aromatic nitrogens is 1. The minimum absolute atomic E-state index is 0.282. The van der Waals surface area contributed by atoms with Crippen molar-refractivity contribution in [3.8, 4) is 39.1 Å². The van der Waals surface area contributed by atoms with Crippen LogP contribution in [0.2, 0.25) is 0 Å². The van der Waals surface area contributed by atoms with E-state index in [-0.39, 0.29) is 5.41 Å². The molecule has 0 radical (unpaired) electrons. The van der Waals surface area contributed by atoms with Gasteiger partial charge in [-0.05, 0) is 153 Å². The third-order valence-electron chi connectivity index (χ3n) is 14.4. The van der Waals surface area contributed by atoms with Crippen molar-refractivity contribution in [2.75, 3.05) is 4.90 Å². The van der Waals surface area contributed by atoms with Gasteiger partial charge >= 0.3 is 0 Å². The lowest BCUT2D eigenvalue weighted by molar-refractivity contribution is 0.661. The van der Waals surface area contributed by atoms with Gasteiger partial charge in [0.2, 0.25) is 0 Å². The third kappa shape index (κ3) is 5.65. The van der Waals surface area contributed by atoms with Crippen LogP contribution in [0.1, 0.15) is 74.3 Å². The van der Waals surface area contributed by atoms with Gasteiger partial charge in [0.15, 0.2) is 0 Å². The minimum atomic E-state index is -0.282. The van der Waals surface area contributed by atoms with E-state index in [9.17, 15) is 0 Å². The Kier molecular flexibility index (Phi) is 8.72. The van der Waals surface area contributed by atoms with E-state index in [4.69, 9.17) is 0 Å². The molecular weight excluding hydrogens is 773 g/mol. The van der Waals surface area contributed by atoms with Crippen molar-refractivity contribution in [1.29, 1.82) is 0 Å². The molecule has 0 bridgehead atoms. The third-order valence-corrected chi connectivity index (χ3v) is 14.4. The molecule has 2 aliphatic rings. The zero-order valence-electron chi connectivity index (χ0n) is 37.0. The van der Waals surface area contributed by atoms with Crippen LogP contribution in [0.4, 0.5) is 17.1 Å². The highest BCUT2D eigenvalue weighted by Gasteiger charge is 2.39. The minimum Gasteiger partial charge on any atom is -0.310 e. The molecule has 1 atom stereocenters. The molecule has 2 aliphatic carbocycles. The highest BCUT2D eigenvalue weighted by Crippen LogP contribution is 2.57. The topological polar surface area (TPSA) is 8.17 Å². The molecule has 0 saturated carbocycles. The summed E-state index contributed by atoms with van der Waals surface area (Å²) in [5, 5.41) is 5.05. The molecule has 1 aromatic heterocycles. The Hall–Kier alpha value is -7.42. The van der Waals surface area contributed by atoms with Crippen LogP contribution >= 0.6 is 0 Å². The number of hydrogen-bond donors (Lipinski definition) is 0. The number of para-hydroxylation sites is 3. The summed E-state index contributed by atoms with van der Waals surface area (Å²) in [4.78, 5) is 2.51. The Balaban J connectivity index is 1.06. The van der Waals surface area contributed by atoms with Crippen LogP contribution in [-0.4, -0.2) is 4.57 Å². The van der Waals surface area contributed by atoms with Gasteiger partial charge in [0.1, 0.15) is 0 Å². The Morgan fingerprint density at radius 2 is 1.28 bits per heavy atom. The molecule has 0 N–H and O–H groups in total. The lowest BCUT2D eigenvalue weighted by atomic mass is 9.80. The van der Waals surface area contributed by atoms with Crippen molar-refractivity contribution in [3.05, 3.63) is 222 Å². The van der Waals surface area contributed by atoms with Crippen molar-refractivity contribution in [1.82, 2.24) is 4.57 Å². The van der Waals surface area contributed by atoms with E-state index in [1.807, 2.05) is 0 Å². The second-order valence-corrected chi connectivity index (χ2v) is 18.5. The van der Waals surface area contributed by atoms with E-state index in [1.54, 1.807) is 0 Å². The van der Waals surface area contributed by atoms with E-state index < -0.39 is 0 Å². The Morgan fingerprint density at radius 1 is 0.547 bits per heavy atom.